The predicted molar refractivity (Wildman–Crippen MR) is 69.7 cm³/mol. The highest BCUT2D eigenvalue weighted by Crippen LogP contribution is 2.22. The van der Waals surface area contributed by atoms with Crippen LogP contribution < -0.4 is 4.74 Å². The maximum atomic E-state index is 5.14. The van der Waals surface area contributed by atoms with Gasteiger partial charge in [0.1, 0.15) is 5.75 Å². The van der Waals surface area contributed by atoms with Crippen molar-refractivity contribution in [1.29, 1.82) is 0 Å². The number of halogens is 1. The van der Waals surface area contributed by atoms with E-state index in [2.05, 4.69) is 41.1 Å². The van der Waals surface area contributed by atoms with E-state index in [1.165, 1.54) is 17.6 Å². The Hall–Kier alpha value is -0.760. The maximum absolute atomic E-state index is 5.14. The van der Waals surface area contributed by atoms with Crippen LogP contribution in [-0.4, -0.2) is 12.4 Å². The van der Waals surface area contributed by atoms with Crippen LogP contribution in [0.2, 0.25) is 0 Å². The highest BCUT2D eigenvalue weighted by atomic mass is 79.9. The molecule has 0 aliphatic heterocycles. The Bertz CT molecular complexity index is 314. The van der Waals surface area contributed by atoms with E-state index in [0.29, 0.717) is 0 Å². The second kappa shape index (κ2) is 6.67. The van der Waals surface area contributed by atoms with Crippen molar-refractivity contribution in [1.82, 2.24) is 0 Å². The average Bonchev–Trinajstić information content (AvgIpc) is 2.31. The standard InChI is InChI=1S/C13H17BrO/c1-3-11(5-4-10-14)12-6-8-13(15-2)9-7-12/h3,6-9H,4-5,10H2,1-2H3/b11-3+. The van der Waals surface area contributed by atoms with Crippen LogP contribution in [0.1, 0.15) is 25.3 Å². The van der Waals surface area contributed by atoms with Gasteiger partial charge in [-0.15, -0.1) is 0 Å². The van der Waals surface area contributed by atoms with Crippen molar-refractivity contribution in [2.24, 2.45) is 0 Å². The number of allylic oxidation sites excluding steroid dienone is 2. The molecule has 0 saturated carbocycles. The molecule has 0 aromatic heterocycles. The summed E-state index contributed by atoms with van der Waals surface area (Å²) in [7, 11) is 1.69. The molecule has 0 spiro atoms. The molecule has 2 heteroatoms. The first-order chi connectivity index (χ1) is 7.31. The van der Waals surface area contributed by atoms with Gasteiger partial charge in [0, 0.05) is 5.33 Å². The van der Waals surface area contributed by atoms with E-state index in [1.54, 1.807) is 7.11 Å². The lowest BCUT2D eigenvalue weighted by atomic mass is 10.0. The molecular formula is C13H17BrO. The van der Waals surface area contributed by atoms with Gasteiger partial charge in [0.25, 0.3) is 0 Å². The monoisotopic (exact) mass is 268 g/mol. The number of alkyl halides is 1. The molecule has 1 aromatic rings. The van der Waals surface area contributed by atoms with Crippen LogP contribution >= 0.6 is 15.9 Å². The van der Waals surface area contributed by atoms with Crippen LogP contribution in [0.25, 0.3) is 5.57 Å². The van der Waals surface area contributed by atoms with Crippen molar-refractivity contribution >= 4 is 21.5 Å². The molecular weight excluding hydrogens is 252 g/mol. The first-order valence-corrected chi connectivity index (χ1v) is 6.29. The van der Waals surface area contributed by atoms with Crippen LogP contribution in [0.5, 0.6) is 5.75 Å². The van der Waals surface area contributed by atoms with Crippen molar-refractivity contribution in [2.45, 2.75) is 19.8 Å². The normalized spacial score (nSPS) is 11.5. The Balaban J connectivity index is 2.75. The van der Waals surface area contributed by atoms with Crippen molar-refractivity contribution in [3.63, 3.8) is 0 Å². The second-order valence-corrected chi connectivity index (χ2v) is 4.13. The first kappa shape index (κ1) is 12.3. The van der Waals surface area contributed by atoms with Crippen LogP contribution in [0.3, 0.4) is 0 Å². The van der Waals surface area contributed by atoms with E-state index in [1.807, 2.05) is 12.1 Å². The zero-order valence-electron chi connectivity index (χ0n) is 9.29. The van der Waals surface area contributed by atoms with Crippen molar-refractivity contribution < 1.29 is 4.74 Å². The van der Waals surface area contributed by atoms with Crippen LogP contribution in [0.4, 0.5) is 0 Å². The Labute approximate surface area is 100 Å². The third-order valence-corrected chi connectivity index (χ3v) is 2.95. The van der Waals surface area contributed by atoms with Crippen molar-refractivity contribution in [3.8, 4) is 5.75 Å². The molecule has 0 saturated heterocycles. The lowest BCUT2D eigenvalue weighted by Crippen LogP contribution is -1.87. The predicted octanol–water partition coefficient (Wildman–Crippen LogP) is 4.27. The van der Waals surface area contributed by atoms with Gasteiger partial charge in [0.05, 0.1) is 7.11 Å². The van der Waals surface area contributed by atoms with Gasteiger partial charge in [-0.05, 0) is 43.0 Å². The summed E-state index contributed by atoms with van der Waals surface area (Å²) >= 11 is 3.46. The highest BCUT2D eigenvalue weighted by molar-refractivity contribution is 9.09. The number of hydrogen-bond acceptors (Lipinski definition) is 1. The molecule has 0 atom stereocenters. The lowest BCUT2D eigenvalue weighted by molar-refractivity contribution is 0.415. The molecule has 0 N–H and O–H groups in total. The molecule has 0 fully saturated rings. The van der Waals surface area contributed by atoms with E-state index in [9.17, 15) is 0 Å². The van der Waals surface area contributed by atoms with Gasteiger partial charge in [-0.2, -0.15) is 0 Å². The summed E-state index contributed by atoms with van der Waals surface area (Å²) < 4.78 is 5.14. The summed E-state index contributed by atoms with van der Waals surface area (Å²) in [6, 6.07) is 8.24. The van der Waals surface area contributed by atoms with E-state index >= 15 is 0 Å². The number of benzene rings is 1. The fraction of sp³-hybridized carbons (Fsp3) is 0.385. The lowest BCUT2D eigenvalue weighted by Gasteiger charge is -2.07. The SMILES string of the molecule is C/C=C(\CCCBr)c1ccc(OC)cc1. The molecule has 0 bridgehead atoms. The topological polar surface area (TPSA) is 9.23 Å². The maximum Gasteiger partial charge on any atom is 0.118 e. The van der Waals surface area contributed by atoms with E-state index in [-0.39, 0.29) is 0 Å². The number of methoxy groups -OCH3 is 1. The Morgan fingerprint density at radius 3 is 2.47 bits per heavy atom. The van der Waals surface area contributed by atoms with Gasteiger partial charge in [0.2, 0.25) is 0 Å². The highest BCUT2D eigenvalue weighted by Gasteiger charge is 2.00. The summed E-state index contributed by atoms with van der Waals surface area (Å²) in [6.45, 7) is 2.09. The fourth-order valence-corrected chi connectivity index (χ4v) is 1.80. The molecule has 82 valence electrons. The summed E-state index contributed by atoms with van der Waals surface area (Å²) in [5, 5.41) is 1.06. The molecule has 1 aromatic carbocycles. The van der Waals surface area contributed by atoms with Gasteiger partial charge in [-0.1, -0.05) is 34.1 Å². The Morgan fingerprint density at radius 1 is 1.33 bits per heavy atom. The molecule has 1 nitrogen and oxygen atoms in total. The van der Waals surface area contributed by atoms with Crippen molar-refractivity contribution in [3.05, 3.63) is 35.9 Å². The fourth-order valence-electron chi connectivity index (χ4n) is 1.52. The minimum Gasteiger partial charge on any atom is -0.497 e. The average molecular weight is 269 g/mol. The zero-order chi connectivity index (χ0) is 11.1. The van der Waals surface area contributed by atoms with Gasteiger partial charge in [0.15, 0.2) is 0 Å². The molecule has 0 unspecified atom stereocenters. The largest absolute Gasteiger partial charge is 0.497 e. The molecule has 0 radical (unpaired) electrons. The van der Waals surface area contributed by atoms with E-state index in [4.69, 9.17) is 4.74 Å². The quantitative estimate of drug-likeness (QED) is 0.725. The van der Waals surface area contributed by atoms with E-state index < -0.39 is 0 Å². The van der Waals surface area contributed by atoms with Crippen molar-refractivity contribution in [2.75, 3.05) is 12.4 Å². The third-order valence-electron chi connectivity index (χ3n) is 2.39. The Kier molecular flexibility index (Phi) is 5.48. The molecule has 0 amide bonds. The molecule has 15 heavy (non-hydrogen) atoms. The molecule has 1 rings (SSSR count). The third kappa shape index (κ3) is 3.71. The minimum absolute atomic E-state index is 0.912. The number of ether oxygens (including phenoxy) is 1. The minimum atomic E-state index is 0.912. The Morgan fingerprint density at radius 2 is 2.00 bits per heavy atom. The van der Waals surface area contributed by atoms with E-state index in [0.717, 1.165) is 17.5 Å². The smallest absolute Gasteiger partial charge is 0.118 e. The second-order valence-electron chi connectivity index (χ2n) is 3.33. The van der Waals surface area contributed by atoms with Gasteiger partial charge >= 0.3 is 0 Å². The summed E-state index contributed by atoms with van der Waals surface area (Å²) in [5.41, 5.74) is 2.69. The van der Waals surface area contributed by atoms with Gasteiger partial charge in [-0.3, -0.25) is 0 Å². The first-order valence-electron chi connectivity index (χ1n) is 5.17. The van der Waals surface area contributed by atoms with Gasteiger partial charge < -0.3 is 4.74 Å². The van der Waals surface area contributed by atoms with Crippen LogP contribution in [-0.2, 0) is 0 Å². The molecule has 0 aliphatic rings. The van der Waals surface area contributed by atoms with Crippen LogP contribution in [0.15, 0.2) is 30.3 Å². The summed E-state index contributed by atoms with van der Waals surface area (Å²) in [4.78, 5) is 0. The summed E-state index contributed by atoms with van der Waals surface area (Å²) in [6.07, 6.45) is 4.48. The number of hydrogen-bond donors (Lipinski definition) is 0. The molecule has 0 aliphatic carbocycles. The zero-order valence-corrected chi connectivity index (χ0v) is 10.9. The molecule has 0 heterocycles. The number of rotatable bonds is 5. The summed E-state index contributed by atoms with van der Waals surface area (Å²) in [5.74, 6) is 0.912. The van der Waals surface area contributed by atoms with Crippen LogP contribution in [0, 0.1) is 0 Å². The van der Waals surface area contributed by atoms with Gasteiger partial charge in [-0.25, -0.2) is 0 Å².